The summed E-state index contributed by atoms with van der Waals surface area (Å²) in [6.45, 7) is 0. The molecule has 1 aromatic heterocycles. The Kier molecular flexibility index (Phi) is 5.03. The molecule has 1 heterocycles. The van der Waals surface area contributed by atoms with Gasteiger partial charge in [-0.1, -0.05) is 6.07 Å². The van der Waals surface area contributed by atoms with Crippen LogP contribution in [0.1, 0.15) is 17.3 Å². The van der Waals surface area contributed by atoms with Crippen molar-refractivity contribution in [3.63, 3.8) is 0 Å². The van der Waals surface area contributed by atoms with Gasteiger partial charge in [0, 0.05) is 6.07 Å². The van der Waals surface area contributed by atoms with Crippen molar-refractivity contribution in [2.75, 3.05) is 14.2 Å². The number of hydrogen-bond acceptors (Lipinski definition) is 4. The number of hydrogen-bond donors (Lipinski definition) is 1. The summed E-state index contributed by atoms with van der Waals surface area (Å²) in [4.78, 5) is 8.24. The van der Waals surface area contributed by atoms with Crippen LogP contribution in [0.4, 0.5) is 4.39 Å². The van der Waals surface area contributed by atoms with E-state index in [0.29, 0.717) is 16.8 Å². The second-order valence-electron chi connectivity index (χ2n) is 4.28. The van der Waals surface area contributed by atoms with E-state index in [2.05, 4.69) is 31.2 Å². The van der Waals surface area contributed by atoms with E-state index in [4.69, 9.17) is 4.74 Å². The number of aromatic nitrogens is 2. The lowest BCUT2D eigenvalue weighted by Crippen LogP contribution is -2.20. The van der Waals surface area contributed by atoms with Crippen LogP contribution in [-0.2, 0) is 6.42 Å². The Morgan fingerprint density at radius 1 is 1.35 bits per heavy atom. The first-order valence-corrected chi connectivity index (χ1v) is 6.90. The van der Waals surface area contributed by atoms with Gasteiger partial charge in [0.1, 0.15) is 12.1 Å². The zero-order valence-electron chi connectivity index (χ0n) is 11.2. The molecule has 1 aromatic carbocycles. The predicted octanol–water partition coefficient (Wildman–Crippen LogP) is 2.89. The topological polar surface area (TPSA) is 47.0 Å². The fourth-order valence-corrected chi connectivity index (χ4v) is 2.34. The maximum absolute atomic E-state index is 13.2. The maximum Gasteiger partial charge on any atom is 0.216 e. The first-order valence-electron chi connectivity index (χ1n) is 6.11. The highest BCUT2D eigenvalue weighted by Gasteiger charge is 2.13. The van der Waals surface area contributed by atoms with Crippen LogP contribution in [0.15, 0.2) is 35.1 Å². The molecule has 20 heavy (non-hydrogen) atoms. The SMILES string of the molecule is CNC(Cc1ccc(F)c(Br)c1)c1cc(OC)ncn1. The van der Waals surface area contributed by atoms with E-state index in [0.717, 1.165) is 11.3 Å². The van der Waals surface area contributed by atoms with Crippen LogP contribution in [0.25, 0.3) is 0 Å². The Labute approximate surface area is 125 Å². The van der Waals surface area contributed by atoms with Crippen molar-refractivity contribution in [1.29, 1.82) is 0 Å². The first kappa shape index (κ1) is 14.9. The average Bonchev–Trinajstić information content (AvgIpc) is 2.48. The zero-order chi connectivity index (χ0) is 14.5. The van der Waals surface area contributed by atoms with Gasteiger partial charge in [-0.15, -0.1) is 0 Å². The fourth-order valence-electron chi connectivity index (χ4n) is 1.91. The fraction of sp³-hybridized carbons (Fsp3) is 0.286. The molecule has 0 aliphatic heterocycles. The van der Waals surface area contributed by atoms with Crippen molar-refractivity contribution >= 4 is 15.9 Å². The summed E-state index contributed by atoms with van der Waals surface area (Å²) in [6, 6.07) is 6.79. The van der Waals surface area contributed by atoms with E-state index in [-0.39, 0.29) is 11.9 Å². The molecule has 1 N–H and O–H groups in total. The lowest BCUT2D eigenvalue weighted by atomic mass is 10.0. The van der Waals surface area contributed by atoms with Gasteiger partial charge >= 0.3 is 0 Å². The largest absolute Gasteiger partial charge is 0.481 e. The predicted molar refractivity (Wildman–Crippen MR) is 78.2 cm³/mol. The lowest BCUT2D eigenvalue weighted by molar-refractivity contribution is 0.394. The van der Waals surface area contributed by atoms with Gasteiger partial charge in [-0.2, -0.15) is 0 Å². The van der Waals surface area contributed by atoms with E-state index in [1.54, 1.807) is 25.3 Å². The van der Waals surface area contributed by atoms with E-state index < -0.39 is 0 Å². The molecule has 0 saturated carbocycles. The molecule has 0 aliphatic carbocycles. The molecule has 0 saturated heterocycles. The minimum absolute atomic E-state index is 0.00395. The van der Waals surface area contributed by atoms with Gasteiger partial charge in [0.15, 0.2) is 0 Å². The Hall–Kier alpha value is -1.53. The summed E-state index contributed by atoms with van der Waals surface area (Å²) in [5, 5.41) is 3.20. The summed E-state index contributed by atoms with van der Waals surface area (Å²) in [7, 11) is 3.43. The number of benzene rings is 1. The van der Waals surface area contributed by atoms with Gasteiger partial charge in [0.2, 0.25) is 5.88 Å². The van der Waals surface area contributed by atoms with Crippen molar-refractivity contribution in [2.45, 2.75) is 12.5 Å². The first-order chi connectivity index (χ1) is 9.63. The van der Waals surface area contributed by atoms with E-state index in [9.17, 15) is 4.39 Å². The van der Waals surface area contributed by atoms with Gasteiger partial charge in [-0.25, -0.2) is 14.4 Å². The normalized spacial score (nSPS) is 12.2. The van der Waals surface area contributed by atoms with Crippen LogP contribution in [0.3, 0.4) is 0 Å². The third-order valence-electron chi connectivity index (χ3n) is 3.00. The molecule has 0 fully saturated rings. The molecule has 2 rings (SSSR count). The smallest absolute Gasteiger partial charge is 0.216 e. The molecule has 2 aromatic rings. The van der Waals surface area contributed by atoms with Crippen LogP contribution in [0.2, 0.25) is 0 Å². The summed E-state index contributed by atoms with van der Waals surface area (Å²) in [6.07, 6.45) is 2.16. The van der Waals surface area contributed by atoms with Crippen LogP contribution >= 0.6 is 15.9 Å². The molecule has 0 aliphatic rings. The van der Waals surface area contributed by atoms with Gasteiger partial charge in [0.05, 0.1) is 23.3 Å². The van der Waals surface area contributed by atoms with Crippen molar-refractivity contribution in [3.8, 4) is 5.88 Å². The molecular formula is C14H15BrFN3O. The summed E-state index contributed by atoms with van der Waals surface area (Å²) < 4.78 is 18.8. The lowest BCUT2D eigenvalue weighted by Gasteiger charge is -2.16. The summed E-state index contributed by atoms with van der Waals surface area (Å²) in [5.41, 5.74) is 1.84. The van der Waals surface area contributed by atoms with Gasteiger partial charge in [-0.3, -0.25) is 0 Å². The average molecular weight is 340 g/mol. The van der Waals surface area contributed by atoms with Crippen LogP contribution in [-0.4, -0.2) is 24.1 Å². The molecule has 0 amide bonds. The zero-order valence-corrected chi connectivity index (χ0v) is 12.8. The highest BCUT2D eigenvalue weighted by atomic mass is 79.9. The number of nitrogens with zero attached hydrogens (tertiary/aromatic N) is 2. The van der Waals surface area contributed by atoms with E-state index in [1.807, 2.05) is 7.05 Å². The van der Waals surface area contributed by atoms with Gasteiger partial charge in [0.25, 0.3) is 0 Å². The second-order valence-corrected chi connectivity index (χ2v) is 5.13. The third kappa shape index (κ3) is 3.52. The molecule has 0 radical (unpaired) electrons. The van der Waals surface area contributed by atoms with Crippen molar-refractivity contribution < 1.29 is 9.13 Å². The quantitative estimate of drug-likeness (QED) is 0.909. The molecule has 1 atom stereocenters. The van der Waals surface area contributed by atoms with Crippen LogP contribution in [0.5, 0.6) is 5.88 Å². The van der Waals surface area contributed by atoms with E-state index >= 15 is 0 Å². The second kappa shape index (κ2) is 6.76. The monoisotopic (exact) mass is 339 g/mol. The molecule has 106 valence electrons. The van der Waals surface area contributed by atoms with Crippen LogP contribution in [0, 0.1) is 5.82 Å². The molecular weight excluding hydrogens is 325 g/mol. The Morgan fingerprint density at radius 3 is 2.80 bits per heavy atom. The Balaban J connectivity index is 2.21. The molecule has 1 unspecified atom stereocenters. The van der Waals surface area contributed by atoms with Crippen molar-refractivity contribution in [2.24, 2.45) is 0 Å². The minimum atomic E-state index is -0.265. The number of likely N-dealkylation sites (N-methyl/N-ethyl adjacent to an activating group) is 1. The number of ether oxygens (including phenoxy) is 1. The summed E-state index contributed by atoms with van der Waals surface area (Å²) in [5.74, 6) is 0.258. The number of methoxy groups -OCH3 is 1. The molecule has 6 heteroatoms. The van der Waals surface area contributed by atoms with E-state index in [1.165, 1.54) is 12.4 Å². The van der Waals surface area contributed by atoms with Crippen molar-refractivity contribution in [3.05, 3.63) is 52.1 Å². The molecule has 0 spiro atoms. The van der Waals surface area contributed by atoms with Gasteiger partial charge < -0.3 is 10.1 Å². The molecule has 0 bridgehead atoms. The maximum atomic E-state index is 13.2. The summed E-state index contributed by atoms with van der Waals surface area (Å²) >= 11 is 3.20. The number of halogens is 2. The minimum Gasteiger partial charge on any atom is -0.481 e. The highest BCUT2D eigenvalue weighted by molar-refractivity contribution is 9.10. The Bertz CT molecular complexity index is 594. The van der Waals surface area contributed by atoms with Crippen LogP contribution < -0.4 is 10.1 Å². The highest BCUT2D eigenvalue weighted by Crippen LogP contribution is 2.22. The van der Waals surface area contributed by atoms with Crippen molar-refractivity contribution in [1.82, 2.24) is 15.3 Å². The van der Waals surface area contributed by atoms with Gasteiger partial charge in [-0.05, 0) is 47.1 Å². The Morgan fingerprint density at radius 2 is 2.15 bits per heavy atom. The molecule has 4 nitrogen and oxygen atoms in total. The number of nitrogens with one attached hydrogen (secondary N) is 1. The third-order valence-corrected chi connectivity index (χ3v) is 3.61. The standard InChI is InChI=1S/C14H15BrFN3O/c1-17-12(13-7-14(20-2)19-8-18-13)6-9-3-4-11(16)10(15)5-9/h3-5,7-8,12,17H,6H2,1-2H3. The number of rotatable bonds is 5.